The number of nitrogens with one attached hydrogen (secondary N) is 1. The van der Waals surface area contributed by atoms with Crippen LogP contribution in [0.5, 0.6) is 0 Å². The summed E-state index contributed by atoms with van der Waals surface area (Å²) in [6.45, 7) is 0. The number of thioether (sulfide) groups is 1. The van der Waals surface area contributed by atoms with E-state index in [1.165, 1.54) is 0 Å². The molecule has 0 spiro atoms. The van der Waals surface area contributed by atoms with Crippen LogP contribution in [0.15, 0.2) is 21.7 Å². The molecule has 0 aromatic carbocycles. The van der Waals surface area contributed by atoms with Crippen LogP contribution in [0, 0.1) is 0 Å². The minimum atomic E-state index is -0.799. The maximum atomic E-state index is 10.6. The monoisotopic (exact) mass is 217 g/mol. The van der Waals surface area contributed by atoms with E-state index in [4.69, 9.17) is 5.11 Å². The van der Waals surface area contributed by atoms with Crippen molar-refractivity contribution in [3.63, 3.8) is 0 Å². The fraction of sp³-hybridized carbons (Fsp3) is 0.375. The van der Waals surface area contributed by atoms with E-state index in [0.29, 0.717) is 5.75 Å². The van der Waals surface area contributed by atoms with Crippen LogP contribution in [0.1, 0.15) is 0 Å². The summed E-state index contributed by atoms with van der Waals surface area (Å²) in [6.07, 6.45) is 0. The normalized spacial score (nSPS) is 12.7. The number of thiophene rings is 1. The molecule has 5 heteroatoms. The minimum Gasteiger partial charge on any atom is -0.480 e. The van der Waals surface area contributed by atoms with Crippen molar-refractivity contribution >= 4 is 29.1 Å². The summed E-state index contributed by atoms with van der Waals surface area (Å²) in [5.74, 6) is -0.238. The third-order valence-electron chi connectivity index (χ3n) is 1.53. The summed E-state index contributed by atoms with van der Waals surface area (Å²) < 4.78 is 1.15. The summed E-state index contributed by atoms with van der Waals surface area (Å²) in [5.41, 5.74) is 0. The number of hydrogen-bond acceptors (Lipinski definition) is 4. The van der Waals surface area contributed by atoms with Crippen molar-refractivity contribution in [2.24, 2.45) is 0 Å². The third-order valence-corrected chi connectivity index (χ3v) is 3.76. The largest absolute Gasteiger partial charge is 0.480 e. The first-order valence-electron chi connectivity index (χ1n) is 3.80. The van der Waals surface area contributed by atoms with Gasteiger partial charge in [-0.15, -0.1) is 23.1 Å². The second-order valence-corrected chi connectivity index (χ2v) is 4.69. The Morgan fingerprint density at radius 3 is 3.08 bits per heavy atom. The van der Waals surface area contributed by atoms with E-state index in [-0.39, 0.29) is 0 Å². The lowest BCUT2D eigenvalue weighted by Crippen LogP contribution is -2.35. The van der Waals surface area contributed by atoms with E-state index < -0.39 is 12.0 Å². The maximum Gasteiger partial charge on any atom is 0.321 e. The van der Waals surface area contributed by atoms with E-state index in [0.717, 1.165) is 4.21 Å². The molecule has 0 aliphatic carbocycles. The Kier molecular flexibility index (Phi) is 4.27. The van der Waals surface area contributed by atoms with E-state index >= 15 is 0 Å². The van der Waals surface area contributed by atoms with Gasteiger partial charge in [-0.3, -0.25) is 4.79 Å². The zero-order valence-electron chi connectivity index (χ0n) is 7.19. The summed E-state index contributed by atoms with van der Waals surface area (Å²) in [5, 5.41) is 13.5. The quantitative estimate of drug-likeness (QED) is 0.734. The summed E-state index contributed by atoms with van der Waals surface area (Å²) in [7, 11) is 1.66. The zero-order chi connectivity index (χ0) is 9.68. The van der Waals surface area contributed by atoms with Gasteiger partial charge in [0, 0.05) is 5.75 Å². The Morgan fingerprint density at radius 1 is 1.85 bits per heavy atom. The molecule has 0 saturated heterocycles. The minimum absolute atomic E-state index is 0.466. The molecule has 0 amide bonds. The maximum absolute atomic E-state index is 10.6. The van der Waals surface area contributed by atoms with Gasteiger partial charge in [-0.05, 0) is 18.5 Å². The van der Waals surface area contributed by atoms with Crippen molar-refractivity contribution in [1.29, 1.82) is 0 Å². The predicted molar refractivity (Wildman–Crippen MR) is 55.5 cm³/mol. The van der Waals surface area contributed by atoms with Crippen molar-refractivity contribution < 1.29 is 9.90 Å². The molecule has 72 valence electrons. The molecule has 0 fully saturated rings. The number of carboxylic acids is 1. The lowest BCUT2D eigenvalue weighted by Gasteiger charge is -2.08. The van der Waals surface area contributed by atoms with Gasteiger partial charge in [0.15, 0.2) is 0 Å². The average molecular weight is 217 g/mol. The van der Waals surface area contributed by atoms with Crippen molar-refractivity contribution in [2.75, 3.05) is 12.8 Å². The molecule has 0 aliphatic rings. The first-order chi connectivity index (χ1) is 6.24. The Balaban J connectivity index is 2.36. The molecule has 0 bridgehead atoms. The first-order valence-corrected chi connectivity index (χ1v) is 5.67. The predicted octanol–water partition coefficient (Wildman–Crippen LogP) is 1.51. The molecule has 13 heavy (non-hydrogen) atoms. The third kappa shape index (κ3) is 3.38. The zero-order valence-corrected chi connectivity index (χ0v) is 8.82. The van der Waals surface area contributed by atoms with Crippen LogP contribution >= 0.6 is 23.1 Å². The number of rotatable bonds is 5. The first kappa shape index (κ1) is 10.6. The molecule has 0 aliphatic heterocycles. The highest BCUT2D eigenvalue weighted by Crippen LogP contribution is 2.23. The smallest absolute Gasteiger partial charge is 0.321 e. The number of carbonyl (C=O) groups is 1. The lowest BCUT2D eigenvalue weighted by molar-refractivity contribution is -0.138. The van der Waals surface area contributed by atoms with E-state index in [1.807, 2.05) is 17.5 Å². The second-order valence-electron chi connectivity index (χ2n) is 2.42. The number of likely N-dealkylation sites (N-methyl/N-ethyl adjacent to an activating group) is 1. The number of aliphatic carboxylic acids is 1. The van der Waals surface area contributed by atoms with Crippen molar-refractivity contribution in [2.45, 2.75) is 10.3 Å². The number of hydrogen-bond donors (Lipinski definition) is 2. The van der Waals surface area contributed by atoms with Crippen LogP contribution in [-0.2, 0) is 4.79 Å². The summed E-state index contributed by atoms with van der Waals surface area (Å²) >= 11 is 3.19. The van der Waals surface area contributed by atoms with Crippen LogP contribution in [0.25, 0.3) is 0 Å². The Morgan fingerprint density at radius 2 is 2.62 bits per heavy atom. The van der Waals surface area contributed by atoms with Crippen molar-refractivity contribution in [3.8, 4) is 0 Å². The highest BCUT2D eigenvalue weighted by atomic mass is 32.2. The SMILES string of the molecule is CNC(CSc1cccs1)C(=O)O. The van der Waals surface area contributed by atoms with Gasteiger partial charge >= 0.3 is 5.97 Å². The summed E-state index contributed by atoms with van der Waals surface area (Å²) in [4.78, 5) is 10.6. The van der Waals surface area contributed by atoms with Gasteiger partial charge in [-0.1, -0.05) is 6.07 Å². The van der Waals surface area contributed by atoms with Crippen LogP contribution in [0.3, 0.4) is 0 Å². The average Bonchev–Trinajstić information content (AvgIpc) is 2.57. The fourth-order valence-electron chi connectivity index (χ4n) is 0.789. The van der Waals surface area contributed by atoms with E-state index in [1.54, 1.807) is 30.1 Å². The van der Waals surface area contributed by atoms with Gasteiger partial charge in [0.1, 0.15) is 6.04 Å². The standard InChI is InChI=1S/C8H11NO2S2/c1-9-6(8(10)11)5-13-7-3-2-4-12-7/h2-4,6,9H,5H2,1H3,(H,10,11). The second kappa shape index (κ2) is 5.26. The highest BCUT2D eigenvalue weighted by Gasteiger charge is 2.14. The fourth-order valence-corrected chi connectivity index (χ4v) is 2.70. The topological polar surface area (TPSA) is 49.3 Å². The Labute approximate surface area is 85.2 Å². The van der Waals surface area contributed by atoms with Gasteiger partial charge in [-0.2, -0.15) is 0 Å². The highest BCUT2D eigenvalue weighted by molar-refractivity contribution is 8.01. The van der Waals surface area contributed by atoms with Gasteiger partial charge in [0.25, 0.3) is 0 Å². The van der Waals surface area contributed by atoms with Crippen molar-refractivity contribution in [1.82, 2.24) is 5.32 Å². The molecule has 1 atom stereocenters. The number of carboxylic acid groups (broad SMARTS) is 1. The molecule has 1 unspecified atom stereocenters. The molecule has 0 radical (unpaired) electrons. The van der Waals surface area contributed by atoms with Crippen LogP contribution in [-0.4, -0.2) is 29.9 Å². The Hall–Kier alpha value is -0.520. The van der Waals surface area contributed by atoms with Gasteiger partial charge in [0.05, 0.1) is 4.21 Å². The molecule has 2 N–H and O–H groups in total. The van der Waals surface area contributed by atoms with Crippen LogP contribution in [0.4, 0.5) is 0 Å². The van der Waals surface area contributed by atoms with Gasteiger partial charge in [0.2, 0.25) is 0 Å². The van der Waals surface area contributed by atoms with Crippen molar-refractivity contribution in [3.05, 3.63) is 17.5 Å². The van der Waals surface area contributed by atoms with Gasteiger partial charge < -0.3 is 10.4 Å². The molecule has 1 rings (SSSR count). The molecule has 1 aromatic heterocycles. The summed E-state index contributed by atoms with van der Waals surface area (Å²) in [6, 6.07) is 3.48. The van der Waals surface area contributed by atoms with E-state index in [9.17, 15) is 4.79 Å². The van der Waals surface area contributed by atoms with Crippen LogP contribution < -0.4 is 5.32 Å². The molecule has 1 aromatic rings. The Bertz CT molecular complexity index is 261. The molecule has 0 saturated carbocycles. The van der Waals surface area contributed by atoms with E-state index in [2.05, 4.69) is 5.32 Å². The molecular weight excluding hydrogens is 206 g/mol. The lowest BCUT2D eigenvalue weighted by atomic mass is 10.3. The molecule has 3 nitrogen and oxygen atoms in total. The van der Waals surface area contributed by atoms with Crippen LogP contribution in [0.2, 0.25) is 0 Å². The molecular formula is C8H11NO2S2. The molecule has 1 heterocycles. The van der Waals surface area contributed by atoms with Gasteiger partial charge in [-0.25, -0.2) is 0 Å².